The Hall–Kier alpha value is -3.02. The van der Waals surface area contributed by atoms with Crippen molar-refractivity contribution in [3.8, 4) is 22.9 Å². The molecule has 0 saturated carbocycles. The molecule has 1 aromatic heterocycles. The van der Waals surface area contributed by atoms with Gasteiger partial charge in [0.25, 0.3) is 0 Å². The highest BCUT2D eigenvalue weighted by Crippen LogP contribution is 2.39. The Bertz CT molecular complexity index is 848. The predicted octanol–water partition coefficient (Wildman–Crippen LogP) is 2.81. The molecule has 0 spiro atoms. The van der Waals surface area contributed by atoms with Crippen LogP contribution < -0.4 is 9.47 Å². The monoisotopic (exact) mass is 312 g/mol. The summed E-state index contributed by atoms with van der Waals surface area (Å²) in [6.07, 6.45) is 0. The number of aliphatic carboxylic acids is 1. The number of nitrogens with zero attached hydrogens (tertiary/aromatic N) is 2. The van der Waals surface area contributed by atoms with Crippen LogP contribution in [0.15, 0.2) is 42.5 Å². The Labute approximate surface area is 132 Å². The van der Waals surface area contributed by atoms with Gasteiger partial charge in [-0.1, -0.05) is 18.2 Å². The molecular formula is C17H16N2O4. The van der Waals surface area contributed by atoms with Crippen molar-refractivity contribution < 1.29 is 19.4 Å². The third-order valence-corrected chi connectivity index (χ3v) is 3.60. The summed E-state index contributed by atoms with van der Waals surface area (Å²) in [6.45, 7) is -0.197. The summed E-state index contributed by atoms with van der Waals surface area (Å²) in [4.78, 5) is 15.9. The number of ether oxygens (including phenoxy) is 2. The number of rotatable bonds is 5. The van der Waals surface area contributed by atoms with Gasteiger partial charge < -0.3 is 19.1 Å². The maximum absolute atomic E-state index is 11.3. The number of carboxylic acids is 1. The molecule has 0 aliphatic rings. The summed E-state index contributed by atoms with van der Waals surface area (Å²) in [6, 6.07) is 12.8. The number of hydrogen-bond donors (Lipinski definition) is 1. The molecule has 0 amide bonds. The van der Waals surface area contributed by atoms with E-state index in [0.717, 1.165) is 11.0 Å². The van der Waals surface area contributed by atoms with E-state index < -0.39 is 5.97 Å². The fourth-order valence-corrected chi connectivity index (χ4v) is 2.63. The van der Waals surface area contributed by atoms with Gasteiger partial charge in [-0.3, -0.25) is 4.79 Å². The lowest BCUT2D eigenvalue weighted by Gasteiger charge is -2.14. The first-order valence-electron chi connectivity index (χ1n) is 7.04. The second kappa shape index (κ2) is 6.00. The molecule has 0 unspecified atom stereocenters. The Kier molecular flexibility index (Phi) is 3.89. The minimum Gasteiger partial charge on any atom is -0.496 e. The van der Waals surface area contributed by atoms with Gasteiger partial charge in [0.15, 0.2) is 0 Å². The predicted molar refractivity (Wildman–Crippen MR) is 85.9 cm³/mol. The highest BCUT2D eigenvalue weighted by atomic mass is 16.5. The van der Waals surface area contributed by atoms with Crippen LogP contribution in [0.5, 0.6) is 11.5 Å². The largest absolute Gasteiger partial charge is 0.496 e. The van der Waals surface area contributed by atoms with Gasteiger partial charge in [0.1, 0.15) is 29.4 Å². The van der Waals surface area contributed by atoms with Gasteiger partial charge in [-0.15, -0.1) is 0 Å². The zero-order valence-corrected chi connectivity index (χ0v) is 12.8. The fourth-order valence-electron chi connectivity index (χ4n) is 2.63. The first-order chi connectivity index (χ1) is 11.2. The van der Waals surface area contributed by atoms with Crippen molar-refractivity contribution in [2.24, 2.45) is 0 Å². The van der Waals surface area contributed by atoms with Crippen molar-refractivity contribution >= 4 is 17.0 Å². The normalized spacial score (nSPS) is 10.7. The van der Waals surface area contributed by atoms with Gasteiger partial charge in [-0.05, 0) is 24.3 Å². The van der Waals surface area contributed by atoms with Crippen LogP contribution in [0.3, 0.4) is 0 Å². The van der Waals surface area contributed by atoms with E-state index in [-0.39, 0.29) is 6.54 Å². The molecule has 1 N–H and O–H groups in total. The summed E-state index contributed by atoms with van der Waals surface area (Å²) in [7, 11) is 3.12. The van der Waals surface area contributed by atoms with Crippen LogP contribution in [-0.4, -0.2) is 34.8 Å². The first kappa shape index (κ1) is 14.9. The maximum atomic E-state index is 11.3. The molecule has 0 saturated heterocycles. The van der Waals surface area contributed by atoms with Crippen molar-refractivity contribution in [2.45, 2.75) is 6.54 Å². The molecule has 23 heavy (non-hydrogen) atoms. The number of methoxy groups -OCH3 is 2. The second-order valence-electron chi connectivity index (χ2n) is 4.94. The molecule has 118 valence electrons. The zero-order chi connectivity index (χ0) is 16.4. The molecule has 0 aliphatic carbocycles. The van der Waals surface area contributed by atoms with Crippen LogP contribution in [0.1, 0.15) is 0 Å². The van der Waals surface area contributed by atoms with Crippen molar-refractivity contribution in [3.05, 3.63) is 42.5 Å². The number of fused-ring (bicyclic) bond motifs is 1. The van der Waals surface area contributed by atoms with Crippen LogP contribution in [0.4, 0.5) is 0 Å². The van der Waals surface area contributed by atoms with Crippen LogP contribution in [0, 0.1) is 0 Å². The van der Waals surface area contributed by atoms with Gasteiger partial charge in [0.2, 0.25) is 0 Å². The number of imidazole rings is 1. The van der Waals surface area contributed by atoms with Crippen molar-refractivity contribution in [1.82, 2.24) is 9.55 Å². The molecule has 0 atom stereocenters. The van der Waals surface area contributed by atoms with Crippen LogP contribution in [0.25, 0.3) is 22.4 Å². The van der Waals surface area contributed by atoms with E-state index in [1.165, 1.54) is 0 Å². The molecule has 2 aromatic carbocycles. The summed E-state index contributed by atoms with van der Waals surface area (Å²) in [5.74, 6) is 0.712. The Morgan fingerprint density at radius 1 is 1.09 bits per heavy atom. The Morgan fingerprint density at radius 3 is 2.35 bits per heavy atom. The van der Waals surface area contributed by atoms with E-state index in [1.54, 1.807) is 30.9 Å². The van der Waals surface area contributed by atoms with Gasteiger partial charge >= 0.3 is 5.97 Å². The molecule has 0 fully saturated rings. The van der Waals surface area contributed by atoms with E-state index in [1.807, 2.05) is 30.3 Å². The number of carbonyl (C=O) groups is 1. The van der Waals surface area contributed by atoms with Gasteiger partial charge in [-0.25, -0.2) is 4.98 Å². The lowest BCUT2D eigenvalue weighted by Crippen LogP contribution is -2.10. The molecule has 6 heteroatoms. The summed E-state index contributed by atoms with van der Waals surface area (Å²) in [5, 5.41) is 9.26. The van der Waals surface area contributed by atoms with Crippen molar-refractivity contribution in [3.63, 3.8) is 0 Å². The quantitative estimate of drug-likeness (QED) is 0.784. The van der Waals surface area contributed by atoms with Crippen LogP contribution in [0.2, 0.25) is 0 Å². The molecule has 1 heterocycles. The van der Waals surface area contributed by atoms with Crippen molar-refractivity contribution in [2.75, 3.05) is 14.2 Å². The van der Waals surface area contributed by atoms with Crippen LogP contribution in [-0.2, 0) is 11.3 Å². The molecule has 0 bridgehead atoms. The van der Waals surface area contributed by atoms with E-state index >= 15 is 0 Å². The molecule has 3 rings (SSSR count). The number of aromatic nitrogens is 2. The Morgan fingerprint density at radius 2 is 1.74 bits per heavy atom. The van der Waals surface area contributed by atoms with E-state index in [9.17, 15) is 9.90 Å². The molecule has 0 radical (unpaired) electrons. The number of benzene rings is 2. The summed E-state index contributed by atoms with van der Waals surface area (Å²) < 4.78 is 12.5. The molecular weight excluding hydrogens is 296 g/mol. The van der Waals surface area contributed by atoms with Crippen molar-refractivity contribution in [1.29, 1.82) is 0 Å². The standard InChI is InChI=1S/C17H16N2O4/c1-22-13-8-5-9-14(23-2)16(13)17-18-11-6-3-4-7-12(11)19(17)10-15(20)21/h3-9H,10H2,1-2H3,(H,20,21). The third-order valence-electron chi connectivity index (χ3n) is 3.60. The topological polar surface area (TPSA) is 73.6 Å². The molecule has 3 aromatic rings. The fraction of sp³-hybridized carbons (Fsp3) is 0.176. The maximum Gasteiger partial charge on any atom is 0.323 e. The van der Waals surface area contributed by atoms with E-state index in [4.69, 9.17) is 9.47 Å². The highest BCUT2D eigenvalue weighted by Gasteiger charge is 2.21. The van der Waals surface area contributed by atoms with Gasteiger partial charge in [0.05, 0.1) is 25.3 Å². The highest BCUT2D eigenvalue weighted by molar-refractivity contribution is 5.85. The molecule has 6 nitrogen and oxygen atoms in total. The number of para-hydroxylation sites is 2. The van der Waals surface area contributed by atoms with E-state index in [0.29, 0.717) is 22.9 Å². The third kappa shape index (κ3) is 2.59. The summed E-state index contributed by atoms with van der Waals surface area (Å²) >= 11 is 0. The second-order valence-corrected chi connectivity index (χ2v) is 4.94. The first-order valence-corrected chi connectivity index (χ1v) is 7.04. The van der Waals surface area contributed by atoms with E-state index in [2.05, 4.69) is 4.98 Å². The Balaban J connectivity index is 2.34. The minimum absolute atomic E-state index is 0.197. The number of carboxylic acid groups (broad SMARTS) is 1. The van der Waals surface area contributed by atoms with Gasteiger partial charge in [-0.2, -0.15) is 0 Å². The average Bonchev–Trinajstić information content (AvgIpc) is 2.91. The van der Waals surface area contributed by atoms with Crippen LogP contribution >= 0.6 is 0 Å². The average molecular weight is 312 g/mol. The zero-order valence-electron chi connectivity index (χ0n) is 12.8. The molecule has 0 aliphatic heterocycles. The lowest BCUT2D eigenvalue weighted by atomic mass is 10.1. The summed E-state index contributed by atoms with van der Waals surface area (Å²) in [5.41, 5.74) is 2.10. The van der Waals surface area contributed by atoms with Gasteiger partial charge in [0, 0.05) is 0 Å². The minimum atomic E-state index is -0.941. The smallest absolute Gasteiger partial charge is 0.323 e. The SMILES string of the molecule is COc1cccc(OC)c1-c1nc2ccccc2n1CC(=O)O. The number of hydrogen-bond acceptors (Lipinski definition) is 4. The lowest BCUT2D eigenvalue weighted by molar-refractivity contribution is -0.137.